The van der Waals surface area contributed by atoms with Crippen LogP contribution in [0.25, 0.3) is 21.9 Å². The predicted molar refractivity (Wildman–Crippen MR) is 150 cm³/mol. The molecule has 0 bridgehead atoms. The first-order chi connectivity index (χ1) is 18.1. The molecule has 0 saturated heterocycles. The summed E-state index contributed by atoms with van der Waals surface area (Å²) in [6.45, 7) is 6.41. The zero-order valence-corrected chi connectivity index (χ0v) is 22.5. The molecule has 0 atom stereocenters. The third-order valence-corrected chi connectivity index (χ3v) is 6.43. The highest BCUT2D eigenvalue weighted by molar-refractivity contribution is 6.32. The van der Waals surface area contributed by atoms with Crippen molar-refractivity contribution in [2.45, 2.75) is 33.7 Å². The summed E-state index contributed by atoms with van der Waals surface area (Å²) in [4.78, 5) is 31.9. The van der Waals surface area contributed by atoms with Crippen molar-refractivity contribution in [2.75, 3.05) is 12.0 Å². The lowest BCUT2D eigenvalue weighted by Gasteiger charge is -2.27. The molecule has 1 amide bonds. The zero-order chi connectivity index (χ0) is 27.4. The predicted octanol–water partition coefficient (Wildman–Crippen LogP) is 7.18. The van der Waals surface area contributed by atoms with Gasteiger partial charge >= 0.3 is 5.97 Å². The van der Waals surface area contributed by atoms with E-state index in [-0.39, 0.29) is 11.3 Å². The molecule has 38 heavy (non-hydrogen) atoms. The lowest BCUT2D eigenvalue weighted by atomic mass is 9.91. The quantitative estimate of drug-likeness (QED) is 0.249. The summed E-state index contributed by atoms with van der Waals surface area (Å²) in [7, 11) is 1.35. The Morgan fingerprint density at radius 1 is 1.00 bits per heavy atom. The summed E-state index contributed by atoms with van der Waals surface area (Å²) in [5, 5.41) is 11.1. The van der Waals surface area contributed by atoms with Gasteiger partial charge in [-0.25, -0.2) is 9.78 Å². The Kier molecular flexibility index (Phi) is 7.80. The Balaban J connectivity index is 1.70. The Labute approximate surface area is 227 Å². The number of methoxy groups -OCH3 is 1. The second kappa shape index (κ2) is 11.0. The molecule has 0 unspecified atom stereocenters. The molecule has 3 aromatic carbocycles. The summed E-state index contributed by atoms with van der Waals surface area (Å²) >= 11 is 6.22. The third-order valence-electron chi connectivity index (χ3n) is 6.12. The number of pyridine rings is 1. The Hall–Kier alpha value is -4.21. The second-order valence-electron chi connectivity index (χ2n) is 10.3. The highest BCUT2D eigenvalue weighted by atomic mass is 35.5. The molecule has 4 rings (SSSR count). The number of esters is 1. The number of ether oxygens (including phenoxy) is 1. The van der Waals surface area contributed by atoms with E-state index in [9.17, 15) is 9.59 Å². The number of anilines is 1. The van der Waals surface area contributed by atoms with Gasteiger partial charge in [0.15, 0.2) is 0 Å². The largest absolute Gasteiger partial charge is 0.465 e. The van der Waals surface area contributed by atoms with Crippen LogP contribution in [0.3, 0.4) is 0 Å². The van der Waals surface area contributed by atoms with E-state index in [4.69, 9.17) is 21.6 Å². The molecule has 0 radical (unpaired) electrons. The first kappa shape index (κ1) is 26.8. The number of fused-ring (bicyclic) bond motifs is 1. The van der Waals surface area contributed by atoms with Crippen molar-refractivity contribution in [2.24, 2.45) is 5.41 Å². The van der Waals surface area contributed by atoms with Crippen molar-refractivity contribution in [1.29, 1.82) is 5.26 Å². The Morgan fingerprint density at radius 2 is 1.71 bits per heavy atom. The summed E-state index contributed by atoms with van der Waals surface area (Å²) in [5.41, 5.74) is 3.44. The highest BCUT2D eigenvalue weighted by Crippen LogP contribution is 2.31. The maximum Gasteiger partial charge on any atom is 0.337 e. The molecular weight excluding hydrogens is 498 g/mol. The van der Waals surface area contributed by atoms with E-state index in [2.05, 4.69) is 11.1 Å². The molecule has 192 valence electrons. The van der Waals surface area contributed by atoms with Crippen molar-refractivity contribution in [3.8, 4) is 17.2 Å². The number of hydrogen-bond donors (Lipinski definition) is 0. The molecule has 1 heterocycles. The van der Waals surface area contributed by atoms with Gasteiger partial charge in [-0.15, -0.1) is 0 Å². The van der Waals surface area contributed by atoms with Gasteiger partial charge in [-0.3, -0.25) is 9.69 Å². The van der Waals surface area contributed by atoms with Gasteiger partial charge in [0.1, 0.15) is 11.9 Å². The van der Waals surface area contributed by atoms with Gasteiger partial charge in [-0.05, 0) is 63.9 Å². The maximum atomic E-state index is 13.6. The number of hydrogen-bond acceptors (Lipinski definition) is 5. The number of nitrogens with zero attached hydrogens (tertiary/aromatic N) is 3. The van der Waals surface area contributed by atoms with Gasteiger partial charge in [-0.1, -0.05) is 62.7 Å². The molecule has 4 aromatic rings. The first-order valence-corrected chi connectivity index (χ1v) is 12.5. The van der Waals surface area contributed by atoms with Crippen LogP contribution in [0, 0.1) is 16.7 Å². The lowest BCUT2D eigenvalue weighted by Crippen LogP contribution is -2.34. The molecule has 1 aromatic heterocycles. The summed E-state index contributed by atoms with van der Waals surface area (Å²) in [6, 6.07) is 22.3. The van der Waals surface area contributed by atoms with Crippen molar-refractivity contribution >= 4 is 40.1 Å². The fraction of sp³-hybridized carbons (Fsp3) is 0.226. The Morgan fingerprint density at radius 3 is 2.34 bits per heavy atom. The molecule has 0 saturated carbocycles. The Bertz CT molecular complexity index is 1550. The fourth-order valence-electron chi connectivity index (χ4n) is 4.22. The number of amides is 1. The van der Waals surface area contributed by atoms with E-state index < -0.39 is 5.97 Å². The molecule has 0 spiro atoms. The monoisotopic (exact) mass is 525 g/mol. The van der Waals surface area contributed by atoms with Crippen LogP contribution in [-0.2, 0) is 16.1 Å². The van der Waals surface area contributed by atoms with Crippen LogP contribution >= 0.6 is 11.6 Å². The van der Waals surface area contributed by atoms with E-state index >= 15 is 0 Å². The fourth-order valence-corrected chi connectivity index (χ4v) is 4.45. The van der Waals surface area contributed by atoms with Crippen molar-refractivity contribution in [3.63, 3.8) is 0 Å². The summed E-state index contributed by atoms with van der Waals surface area (Å²) in [5.74, 6) is 0.0724. The van der Waals surface area contributed by atoms with E-state index in [1.807, 2.05) is 57.2 Å². The summed E-state index contributed by atoms with van der Waals surface area (Å²) < 4.78 is 4.85. The number of benzene rings is 3. The van der Waals surface area contributed by atoms with Gasteiger partial charge in [0.2, 0.25) is 5.91 Å². The molecule has 0 aliphatic heterocycles. The average Bonchev–Trinajstić information content (AvgIpc) is 2.90. The molecule has 0 fully saturated rings. The number of carbonyl (C=O) groups is 2. The standard InChI is InChI=1S/C31H28ClN3O3/c1-31(2,3)17-28(36)35(29-26-12-11-24(30(37)38-4)15-23(26)13-14-34-29)19-20-5-7-21(8-6-20)22-9-10-25(18-33)27(32)16-22/h5-16H,17,19H2,1-4H3. The second-order valence-corrected chi connectivity index (χ2v) is 10.7. The topological polar surface area (TPSA) is 83.3 Å². The van der Waals surface area contributed by atoms with Crippen LogP contribution in [0.5, 0.6) is 0 Å². The summed E-state index contributed by atoms with van der Waals surface area (Å²) in [6.07, 6.45) is 1.99. The van der Waals surface area contributed by atoms with Crippen LogP contribution in [0.2, 0.25) is 5.02 Å². The smallest absolute Gasteiger partial charge is 0.337 e. The van der Waals surface area contributed by atoms with Gasteiger partial charge in [0.05, 0.1) is 29.8 Å². The van der Waals surface area contributed by atoms with Crippen molar-refractivity contribution < 1.29 is 14.3 Å². The van der Waals surface area contributed by atoms with Crippen LogP contribution in [0.15, 0.2) is 72.9 Å². The van der Waals surface area contributed by atoms with E-state index in [1.165, 1.54) is 7.11 Å². The van der Waals surface area contributed by atoms with E-state index in [1.54, 1.807) is 41.4 Å². The number of nitriles is 1. The van der Waals surface area contributed by atoms with Crippen LogP contribution in [0.4, 0.5) is 5.82 Å². The number of carbonyl (C=O) groups excluding carboxylic acids is 2. The van der Waals surface area contributed by atoms with E-state index in [0.29, 0.717) is 34.9 Å². The molecule has 0 aliphatic carbocycles. The minimum atomic E-state index is -0.422. The number of aromatic nitrogens is 1. The molecule has 7 heteroatoms. The van der Waals surface area contributed by atoms with Crippen LogP contribution < -0.4 is 4.90 Å². The van der Waals surface area contributed by atoms with Crippen molar-refractivity contribution in [1.82, 2.24) is 4.98 Å². The molecule has 6 nitrogen and oxygen atoms in total. The van der Waals surface area contributed by atoms with Gasteiger partial charge in [0.25, 0.3) is 0 Å². The maximum absolute atomic E-state index is 13.6. The van der Waals surface area contributed by atoms with Gasteiger partial charge < -0.3 is 4.74 Å². The minimum Gasteiger partial charge on any atom is -0.465 e. The highest BCUT2D eigenvalue weighted by Gasteiger charge is 2.25. The third kappa shape index (κ3) is 6.01. The number of halogens is 1. The van der Waals surface area contributed by atoms with Gasteiger partial charge in [-0.2, -0.15) is 5.26 Å². The van der Waals surface area contributed by atoms with Crippen LogP contribution in [0.1, 0.15) is 48.7 Å². The molecular formula is C31H28ClN3O3. The average molecular weight is 526 g/mol. The number of rotatable bonds is 6. The lowest BCUT2D eigenvalue weighted by molar-refractivity contribution is -0.120. The van der Waals surface area contributed by atoms with Crippen LogP contribution in [-0.4, -0.2) is 24.0 Å². The minimum absolute atomic E-state index is 0.0440. The molecule has 0 aliphatic rings. The first-order valence-electron chi connectivity index (χ1n) is 12.2. The van der Waals surface area contributed by atoms with E-state index in [0.717, 1.165) is 27.5 Å². The van der Waals surface area contributed by atoms with Crippen molar-refractivity contribution in [3.05, 3.63) is 94.6 Å². The SMILES string of the molecule is COC(=O)c1ccc2c(N(Cc3ccc(-c4ccc(C#N)c(Cl)c4)cc3)C(=O)CC(C)(C)C)nccc2c1. The zero-order valence-electron chi connectivity index (χ0n) is 21.8. The van der Waals surface area contributed by atoms with Gasteiger partial charge in [0, 0.05) is 18.0 Å². The normalized spacial score (nSPS) is 11.2. The molecule has 0 N–H and O–H groups in total.